The molecule has 100 valence electrons. The maximum atomic E-state index is 10.6. The van der Waals surface area contributed by atoms with Crippen molar-refractivity contribution in [3.63, 3.8) is 0 Å². The minimum absolute atomic E-state index is 0.0588. The topological polar surface area (TPSA) is 66.8 Å². The van der Waals surface area contributed by atoms with Crippen LogP contribution in [0.2, 0.25) is 0 Å². The second-order valence-corrected chi connectivity index (χ2v) is 5.59. The molecular formula is C13H17IO4. The molecule has 18 heavy (non-hydrogen) atoms. The molecule has 0 aliphatic heterocycles. The van der Waals surface area contributed by atoms with Gasteiger partial charge in [-0.2, -0.15) is 0 Å². The molecule has 0 aliphatic rings. The quantitative estimate of drug-likeness (QED) is 0.762. The van der Waals surface area contributed by atoms with Gasteiger partial charge in [0.25, 0.3) is 0 Å². The maximum absolute atomic E-state index is 10.6. The fourth-order valence-corrected chi connectivity index (χ4v) is 2.37. The number of methoxy groups -OCH3 is 1. The lowest BCUT2D eigenvalue weighted by molar-refractivity contribution is -0.138. The zero-order valence-corrected chi connectivity index (χ0v) is 12.5. The molecule has 0 saturated heterocycles. The second-order valence-electron chi connectivity index (χ2n) is 4.34. The van der Waals surface area contributed by atoms with E-state index in [4.69, 9.17) is 9.84 Å². The summed E-state index contributed by atoms with van der Waals surface area (Å²) in [5, 5.41) is 18.9. The third-order valence-corrected chi connectivity index (χ3v) is 3.37. The molecule has 0 radical (unpaired) electrons. The third kappa shape index (κ3) is 4.45. The van der Waals surface area contributed by atoms with Crippen LogP contribution in [0.5, 0.6) is 5.75 Å². The first-order chi connectivity index (χ1) is 8.43. The van der Waals surface area contributed by atoms with E-state index in [2.05, 4.69) is 22.6 Å². The minimum atomic E-state index is -0.843. The summed E-state index contributed by atoms with van der Waals surface area (Å²) in [5.41, 5.74) is 0.710. The Labute approximate surface area is 120 Å². The van der Waals surface area contributed by atoms with Gasteiger partial charge >= 0.3 is 5.97 Å². The fraction of sp³-hybridized carbons (Fsp3) is 0.462. The lowest BCUT2D eigenvalue weighted by Gasteiger charge is -2.18. The third-order valence-electron chi connectivity index (χ3n) is 2.70. The van der Waals surface area contributed by atoms with E-state index in [1.807, 2.05) is 25.1 Å². The van der Waals surface area contributed by atoms with Crippen LogP contribution in [0.3, 0.4) is 0 Å². The van der Waals surface area contributed by atoms with Gasteiger partial charge in [0.1, 0.15) is 5.75 Å². The average molecular weight is 364 g/mol. The average Bonchev–Trinajstić information content (AvgIpc) is 2.27. The Morgan fingerprint density at radius 1 is 1.50 bits per heavy atom. The smallest absolute Gasteiger partial charge is 0.303 e. The first-order valence-electron chi connectivity index (χ1n) is 5.67. The number of aliphatic hydroxyl groups excluding tert-OH is 1. The Balaban J connectivity index is 2.79. The Morgan fingerprint density at radius 3 is 2.72 bits per heavy atom. The monoisotopic (exact) mass is 364 g/mol. The Morgan fingerprint density at radius 2 is 2.17 bits per heavy atom. The van der Waals surface area contributed by atoms with Crippen molar-refractivity contribution in [2.45, 2.75) is 25.9 Å². The Hall–Kier alpha value is -0.820. The van der Waals surface area contributed by atoms with E-state index in [-0.39, 0.29) is 12.3 Å². The summed E-state index contributed by atoms with van der Waals surface area (Å²) in [5.74, 6) is -0.296. The zero-order valence-electron chi connectivity index (χ0n) is 10.4. The lowest BCUT2D eigenvalue weighted by atomic mass is 9.95. The van der Waals surface area contributed by atoms with Crippen LogP contribution in [0.1, 0.15) is 31.4 Å². The number of halogens is 1. The van der Waals surface area contributed by atoms with Crippen molar-refractivity contribution in [2.75, 3.05) is 7.11 Å². The van der Waals surface area contributed by atoms with Crippen LogP contribution < -0.4 is 4.74 Å². The molecule has 1 aromatic carbocycles. The number of rotatable bonds is 6. The van der Waals surface area contributed by atoms with E-state index < -0.39 is 12.1 Å². The summed E-state index contributed by atoms with van der Waals surface area (Å²) in [7, 11) is 1.55. The molecule has 0 fully saturated rings. The van der Waals surface area contributed by atoms with E-state index in [0.29, 0.717) is 17.7 Å². The second kappa shape index (κ2) is 6.94. The number of aliphatic carboxylic acids is 1. The van der Waals surface area contributed by atoms with Gasteiger partial charge in [0.15, 0.2) is 0 Å². The highest BCUT2D eigenvalue weighted by atomic mass is 127. The Bertz CT molecular complexity index is 419. The van der Waals surface area contributed by atoms with Crippen LogP contribution in [0.4, 0.5) is 0 Å². The summed E-state index contributed by atoms with van der Waals surface area (Å²) >= 11 is 2.16. The molecule has 0 spiro atoms. The molecule has 5 heteroatoms. The molecule has 0 bridgehead atoms. The molecule has 0 aromatic heterocycles. The number of carboxylic acids is 1. The molecule has 2 unspecified atom stereocenters. The van der Waals surface area contributed by atoms with Crippen molar-refractivity contribution < 1.29 is 19.7 Å². The van der Waals surface area contributed by atoms with Gasteiger partial charge in [-0.1, -0.05) is 6.92 Å². The molecule has 2 atom stereocenters. The van der Waals surface area contributed by atoms with Gasteiger partial charge in [0.05, 0.1) is 13.2 Å². The van der Waals surface area contributed by atoms with E-state index >= 15 is 0 Å². The highest BCUT2D eigenvalue weighted by Crippen LogP contribution is 2.31. The number of carboxylic acid groups (broad SMARTS) is 1. The standard InChI is InChI=1S/C13H17IO4/c1-8(6-13(16)17)5-11(15)10-7-9(14)3-4-12(10)18-2/h3-4,7-8,11,15H,5-6H2,1-2H3,(H,16,17). The van der Waals surface area contributed by atoms with Crippen molar-refractivity contribution in [2.24, 2.45) is 5.92 Å². The first kappa shape index (κ1) is 15.2. The van der Waals surface area contributed by atoms with Crippen molar-refractivity contribution in [3.05, 3.63) is 27.3 Å². The summed E-state index contributed by atoms with van der Waals surface area (Å²) in [6.45, 7) is 1.82. The van der Waals surface area contributed by atoms with Crippen LogP contribution >= 0.6 is 22.6 Å². The van der Waals surface area contributed by atoms with Crippen molar-refractivity contribution in [1.29, 1.82) is 0 Å². The van der Waals surface area contributed by atoms with Crippen LogP contribution in [-0.2, 0) is 4.79 Å². The molecule has 1 aromatic rings. The maximum Gasteiger partial charge on any atom is 0.303 e. The van der Waals surface area contributed by atoms with Gasteiger partial charge in [-0.3, -0.25) is 4.79 Å². The molecule has 0 aliphatic carbocycles. The highest BCUT2D eigenvalue weighted by Gasteiger charge is 2.18. The van der Waals surface area contributed by atoms with E-state index in [9.17, 15) is 9.90 Å². The normalized spacial score (nSPS) is 14.0. The van der Waals surface area contributed by atoms with Crippen LogP contribution in [0.15, 0.2) is 18.2 Å². The Kier molecular flexibility index (Phi) is 5.87. The summed E-state index contributed by atoms with van der Waals surface area (Å²) in [6.07, 6.45) is -0.240. The molecule has 0 saturated carbocycles. The number of carbonyl (C=O) groups is 1. The van der Waals surface area contributed by atoms with Crippen molar-refractivity contribution >= 4 is 28.6 Å². The lowest BCUT2D eigenvalue weighted by Crippen LogP contribution is -2.10. The van der Waals surface area contributed by atoms with Crippen molar-refractivity contribution in [3.8, 4) is 5.75 Å². The van der Waals surface area contributed by atoms with Crippen molar-refractivity contribution in [1.82, 2.24) is 0 Å². The van der Waals surface area contributed by atoms with Gasteiger partial charge < -0.3 is 14.9 Å². The van der Waals surface area contributed by atoms with Gasteiger partial charge in [-0.05, 0) is 53.1 Å². The molecule has 4 nitrogen and oxygen atoms in total. The van der Waals surface area contributed by atoms with E-state index in [1.54, 1.807) is 7.11 Å². The minimum Gasteiger partial charge on any atom is -0.496 e. The van der Waals surface area contributed by atoms with Gasteiger partial charge in [0.2, 0.25) is 0 Å². The molecule has 1 rings (SSSR count). The number of hydrogen-bond donors (Lipinski definition) is 2. The van der Waals surface area contributed by atoms with Gasteiger partial charge in [-0.15, -0.1) is 0 Å². The van der Waals surface area contributed by atoms with E-state index in [1.165, 1.54) is 0 Å². The summed E-state index contributed by atoms with van der Waals surface area (Å²) in [4.78, 5) is 10.6. The number of aliphatic hydroxyl groups is 1. The number of hydrogen-bond acceptors (Lipinski definition) is 3. The molecule has 0 amide bonds. The fourth-order valence-electron chi connectivity index (χ4n) is 1.86. The highest BCUT2D eigenvalue weighted by molar-refractivity contribution is 14.1. The molecular weight excluding hydrogens is 347 g/mol. The van der Waals surface area contributed by atoms with Crippen LogP contribution in [-0.4, -0.2) is 23.3 Å². The largest absolute Gasteiger partial charge is 0.496 e. The predicted molar refractivity (Wildman–Crippen MR) is 76.7 cm³/mol. The SMILES string of the molecule is COc1ccc(I)cc1C(O)CC(C)CC(=O)O. The van der Waals surface area contributed by atoms with Gasteiger partial charge in [-0.25, -0.2) is 0 Å². The van der Waals surface area contributed by atoms with Crippen LogP contribution in [0.25, 0.3) is 0 Å². The number of benzene rings is 1. The zero-order chi connectivity index (χ0) is 13.7. The summed E-state index contributed by atoms with van der Waals surface area (Å²) in [6, 6.07) is 5.57. The van der Waals surface area contributed by atoms with Gasteiger partial charge in [0, 0.05) is 15.6 Å². The molecule has 2 N–H and O–H groups in total. The van der Waals surface area contributed by atoms with E-state index in [0.717, 1.165) is 3.57 Å². The predicted octanol–water partition coefficient (Wildman–Crippen LogP) is 2.83. The first-order valence-corrected chi connectivity index (χ1v) is 6.75. The molecule has 0 heterocycles. The summed E-state index contributed by atoms with van der Waals surface area (Å²) < 4.78 is 6.21. The number of ether oxygens (including phenoxy) is 1. The van der Waals surface area contributed by atoms with Crippen LogP contribution in [0, 0.1) is 9.49 Å².